The molecular weight excluding hydrogens is 675 g/mol. The summed E-state index contributed by atoms with van der Waals surface area (Å²) >= 11 is 0. The number of aromatic nitrogens is 1. The fraction of sp³-hybridized carbons (Fsp3) is 0.118. The van der Waals surface area contributed by atoms with Crippen molar-refractivity contribution in [1.82, 2.24) is 4.98 Å². The van der Waals surface area contributed by atoms with Crippen LogP contribution < -0.4 is 19.4 Å². The van der Waals surface area contributed by atoms with Crippen molar-refractivity contribution < 1.29 is 25.8 Å². The summed E-state index contributed by atoms with van der Waals surface area (Å²) in [4.78, 5) is 11.0. The number of aryl methyl sites for hydroxylation is 3. The molecule has 0 unspecified atom stereocenters. The first kappa shape index (κ1) is 27.5. The van der Waals surface area contributed by atoms with Gasteiger partial charge in [-0.25, -0.2) is 4.98 Å². The van der Waals surface area contributed by atoms with Gasteiger partial charge in [0.1, 0.15) is 5.82 Å². The Kier molecular flexibility index (Phi) is 7.95. The van der Waals surface area contributed by atoms with Crippen LogP contribution in [0.5, 0.6) is 11.5 Å². The van der Waals surface area contributed by atoms with Crippen molar-refractivity contribution in [3.63, 3.8) is 0 Å². The van der Waals surface area contributed by atoms with E-state index in [4.69, 9.17) is 4.74 Å². The molecule has 204 valence electrons. The summed E-state index contributed by atoms with van der Waals surface area (Å²) in [6, 6.07) is 37.4. The van der Waals surface area contributed by atoms with Gasteiger partial charge in [0.2, 0.25) is 0 Å². The van der Waals surface area contributed by atoms with Gasteiger partial charge < -0.3 is 19.4 Å². The molecule has 6 heteroatoms. The molecule has 40 heavy (non-hydrogen) atoms. The van der Waals surface area contributed by atoms with Gasteiger partial charge in [0.05, 0.1) is 0 Å². The number of hydrogen-bond acceptors (Lipinski definition) is 5. The van der Waals surface area contributed by atoms with E-state index in [-0.39, 0.29) is 21.1 Å². The van der Waals surface area contributed by atoms with Crippen molar-refractivity contribution in [3.05, 3.63) is 133 Å². The number of hydrogen-bond donors (Lipinski definition) is 0. The van der Waals surface area contributed by atoms with Crippen LogP contribution in [0, 0.1) is 39.6 Å². The molecule has 4 aromatic carbocycles. The molecular formula is C34H29N4OPt-3. The van der Waals surface area contributed by atoms with E-state index in [1.54, 1.807) is 0 Å². The smallest absolute Gasteiger partial charge is 0.135 e. The van der Waals surface area contributed by atoms with Crippen molar-refractivity contribution in [3.8, 4) is 11.5 Å². The second kappa shape index (κ2) is 11.6. The standard InChI is InChI=1S/C34H29N4O.Pt/c1-24-16-17-35-34(18-24)38(27-10-6-5-7-11-27)29-13-9-15-31(22-29)39-30-14-8-12-28(21-30)37-23-36(4)32-19-25(2)26(3)20-33(32)37;/h5-20,23H,1-4H3;/q-3;. The molecule has 0 radical (unpaired) electrons. The van der Waals surface area contributed by atoms with E-state index in [0.717, 1.165) is 34.1 Å². The van der Waals surface area contributed by atoms with Crippen LogP contribution in [0.25, 0.3) is 0 Å². The van der Waals surface area contributed by atoms with E-state index in [2.05, 4.69) is 96.6 Å². The summed E-state index contributed by atoms with van der Waals surface area (Å²) in [5, 5.41) is 0. The first-order valence-corrected chi connectivity index (χ1v) is 12.9. The Morgan fingerprint density at radius 2 is 1.48 bits per heavy atom. The van der Waals surface area contributed by atoms with Gasteiger partial charge in [0.15, 0.2) is 0 Å². The normalized spacial score (nSPS) is 12.1. The molecule has 1 aliphatic heterocycles. The largest absolute Gasteiger partial charge is 0.509 e. The monoisotopic (exact) mass is 704 g/mol. The maximum atomic E-state index is 6.31. The van der Waals surface area contributed by atoms with Crippen molar-refractivity contribution in [2.45, 2.75) is 20.8 Å². The second-order valence-corrected chi connectivity index (χ2v) is 9.79. The molecule has 2 heterocycles. The topological polar surface area (TPSA) is 31.8 Å². The summed E-state index contributed by atoms with van der Waals surface area (Å²) in [6.07, 6.45) is 1.83. The van der Waals surface area contributed by atoms with Crippen molar-refractivity contribution in [1.29, 1.82) is 0 Å². The Morgan fingerprint density at radius 3 is 2.23 bits per heavy atom. The third-order valence-electron chi connectivity index (χ3n) is 6.89. The van der Waals surface area contributed by atoms with Crippen LogP contribution in [-0.4, -0.2) is 12.0 Å². The molecule has 0 aliphatic carbocycles. The van der Waals surface area contributed by atoms with Gasteiger partial charge in [-0.05, 0) is 80.9 Å². The number of fused-ring (bicyclic) bond motifs is 1. The van der Waals surface area contributed by atoms with Crippen LogP contribution in [-0.2, 0) is 21.1 Å². The van der Waals surface area contributed by atoms with Gasteiger partial charge >= 0.3 is 0 Å². The van der Waals surface area contributed by atoms with E-state index in [1.165, 1.54) is 16.8 Å². The molecule has 0 fully saturated rings. The first-order chi connectivity index (χ1) is 19.0. The molecule has 5 nitrogen and oxygen atoms in total. The van der Waals surface area contributed by atoms with Crippen LogP contribution in [0.15, 0.2) is 97.2 Å². The minimum absolute atomic E-state index is 0. The quantitative estimate of drug-likeness (QED) is 0.166. The Balaban J connectivity index is 0.00000323. The second-order valence-electron chi connectivity index (χ2n) is 9.79. The van der Waals surface area contributed by atoms with Crippen LogP contribution in [0.1, 0.15) is 16.7 Å². The summed E-state index contributed by atoms with van der Waals surface area (Å²) in [5.41, 5.74) is 8.71. The average molecular weight is 705 g/mol. The molecule has 0 amide bonds. The zero-order valence-corrected chi connectivity index (χ0v) is 25.1. The van der Waals surface area contributed by atoms with Gasteiger partial charge in [-0.1, -0.05) is 23.9 Å². The van der Waals surface area contributed by atoms with Crippen molar-refractivity contribution in [2.24, 2.45) is 0 Å². The molecule has 5 aromatic rings. The van der Waals surface area contributed by atoms with E-state index in [0.29, 0.717) is 11.5 Å². The fourth-order valence-corrected chi connectivity index (χ4v) is 4.75. The molecule has 0 spiro atoms. The molecule has 0 bridgehead atoms. The molecule has 1 aromatic heterocycles. The number of para-hydroxylation sites is 1. The molecule has 0 N–H and O–H groups in total. The number of benzene rings is 4. The van der Waals surface area contributed by atoms with Gasteiger partial charge in [-0.3, -0.25) is 0 Å². The van der Waals surface area contributed by atoms with Gasteiger partial charge in [0, 0.05) is 55.8 Å². The summed E-state index contributed by atoms with van der Waals surface area (Å²) in [7, 11) is 2.07. The predicted octanol–water partition coefficient (Wildman–Crippen LogP) is 8.57. The molecule has 0 saturated carbocycles. The van der Waals surface area contributed by atoms with E-state index < -0.39 is 0 Å². The summed E-state index contributed by atoms with van der Waals surface area (Å²) in [6.45, 7) is 8.43. The number of anilines is 6. The molecule has 1 aliphatic rings. The van der Waals surface area contributed by atoms with E-state index >= 15 is 0 Å². The van der Waals surface area contributed by atoms with Gasteiger partial charge in [-0.2, -0.15) is 18.8 Å². The van der Waals surface area contributed by atoms with Crippen molar-refractivity contribution >= 4 is 34.3 Å². The van der Waals surface area contributed by atoms with E-state index in [1.807, 2.05) is 66.9 Å². The maximum Gasteiger partial charge on any atom is 0.135 e. The van der Waals surface area contributed by atoms with Crippen molar-refractivity contribution in [2.75, 3.05) is 21.7 Å². The maximum absolute atomic E-state index is 6.31. The minimum atomic E-state index is 0. The van der Waals surface area contributed by atoms with Gasteiger partial charge in [0.25, 0.3) is 0 Å². The number of pyridine rings is 1. The molecule has 0 atom stereocenters. The number of rotatable bonds is 6. The predicted molar refractivity (Wildman–Crippen MR) is 159 cm³/mol. The van der Waals surface area contributed by atoms with Crippen LogP contribution in [0.3, 0.4) is 0 Å². The third-order valence-corrected chi connectivity index (χ3v) is 6.89. The Hall–Kier alpha value is -4.08. The Morgan fingerprint density at radius 1 is 0.775 bits per heavy atom. The zero-order valence-electron chi connectivity index (χ0n) is 22.8. The first-order valence-electron chi connectivity index (χ1n) is 12.9. The van der Waals surface area contributed by atoms with Crippen LogP contribution in [0.4, 0.5) is 34.3 Å². The minimum Gasteiger partial charge on any atom is -0.509 e. The SMILES string of the molecule is Cc1ccnc(N(c2[c-]c(Oc3[c-]c(N4[CH-]N(C)c5cc(C)c(C)cc54)ccc3)ccc2)c2ccccc2)c1.[Pt]. The van der Waals surface area contributed by atoms with Crippen LogP contribution >= 0.6 is 0 Å². The van der Waals surface area contributed by atoms with Crippen LogP contribution in [0.2, 0.25) is 0 Å². The molecule has 6 rings (SSSR count). The van der Waals surface area contributed by atoms with E-state index in [9.17, 15) is 0 Å². The molecule has 0 saturated heterocycles. The number of ether oxygens (including phenoxy) is 1. The Labute approximate surface area is 250 Å². The Bertz CT molecular complexity index is 1640. The average Bonchev–Trinajstić information content (AvgIpc) is 3.25. The number of nitrogens with zero attached hydrogens (tertiary/aromatic N) is 4. The summed E-state index contributed by atoms with van der Waals surface area (Å²) < 4.78 is 6.31. The third kappa shape index (κ3) is 5.48. The fourth-order valence-electron chi connectivity index (χ4n) is 4.75. The summed E-state index contributed by atoms with van der Waals surface area (Å²) in [5.74, 6) is 2.04. The van der Waals surface area contributed by atoms with Gasteiger partial charge in [-0.15, -0.1) is 42.1 Å². The zero-order chi connectivity index (χ0) is 26.9.